The first-order valence-electron chi connectivity index (χ1n) is 8.58. The lowest BCUT2D eigenvalue weighted by Gasteiger charge is -2.22. The van der Waals surface area contributed by atoms with Gasteiger partial charge in [0.05, 0.1) is 4.90 Å². The Kier molecular flexibility index (Phi) is 6.04. The van der Waals surface area contributed by atoms with Crippen molar-refractivity contribution in [2.24, 2.45) is 5.41 Å². The van der Waals surface area contributed by atoms with E-state index < -0.39 is 10.0 Å². The highest BCUT2D eigenvalue weighted by atomic mass is 32.2. The number of benzene rings is 1. The SMILES string of the molecule is CC(C)(C)CC(=O)Nc1ccc(S(=O)(=O)NC2CCCCC2)cc1. The Bertz CT molecular complexity index is 654. The Balaban J connectivity index is 1.98. The van der Waals surface area contributed by atoms with Crippen molar-refractivity contribution in [3.05, 3.63) is 24.3 Å². The molecule has 1 fully saturated rings. The zero-order valence-electron chi connectivity index (χ0n) is 14.8. The molecule has 0 aromatic heterocycles. The molecule has 2 N–H and O–H groups in total. The van der Waals surface area contributed by atoms with Crippen LogP contribution in [-0.4, -0.2) is 20.4 Å². The fraction of sp³-hybridized carbons (Fsp3) is 0.611. The summed E-state index contributed by atoms with van der Waals surface area (Å²) in [5.74, 6) is -0.0709. The molecule has 24 heavy (non-hydrogen) atoms. The van der Waals surface area contributed by atoms with E-state index in [-0.39, 0.29) is 22.3 Å². The zero-order chi connectivity index (χ0) is 17.8. The van der Waals surface area contributed by atoms with E-state index in [1.165, 1.54) is 18.6 Å². The second-order valence-electron chi connectivity index (χ2n) is 7.77. The third-order valence-corrected chi connectivity index (χ3v) is 5.60. The highest BCUT2D eigenvalue weighted by Crippen LogP contribution is 2.22. The average Bonchev–Trinajstić information content (AvgIpc) is 2.46. The zero-order valence-corrected chi connectivity index (χ0v) is 15.6. The van der Waals surface area contributed by atoms with E-state index in [9.17, 15) is 13.2 Å². The molecule has 134 valence electrons. The van der Waals surface area contributed by atoms with Crippen LogP contribution in [0.2, 0.25) is 0 Å². The van der Waals surface area contributed by atoms with Crippen molar-refractivity contribution in [3.8, 4) is 0 Å². The van der Waals surface area contributed by atoms with Gasteiger partial charge in [0, 0.05) is 18.2 Å². The van der Waals surface area contributed by atoms with E-state index in [1.54, 1.807) is 12.1 Å². The third-order valence-electron chi connectivity index (χ3n) is 4.07. The summed E-state index contributed by atoms with van der Waals surface area (Å²) in [6, 6.07) is 6.39. The highest BCUT2D eigenvalue weighted by Gasteiger charge is 2.22. The second-order valence-corrected chi connectivity index (χ2v) is 9.48. The van der Waals surface area contributed by atoms with Gasteiger partial charge in [0.1, 0.15) is 0 Å². The molecule has 0 saturated heterocycles. The summed E-state index contributed by atoms with van der Waals surface area (Å²) >= 11 is 0. The van der Waals surface area contributed by atoms with Gasteiger partial charge in [-0.2, -0.15) is 0 Å². The van der Waals surface area contributed by atoms with Crippen LogP contribution in [0, 0.1) is 5.41 Å². The van der Waals surface area contributed by atoms with Crippen LogP contribution >= 0.6 is 0 Å². The van der Waals surface area contributed by atoms with E-state index in [4.69, 9.17) is 0 Å². The summed E-state index contributed by atoms with van der Waals surface area (Å²) in [7, 11) is -3.50. The third kappa shape index (κ3) is 5.91. The number of carbonyl (C=O) groups is 1. The van der Waals surface area contributed by atoms with Gasteiger partial charge in [-0.15, -0.1) is 0 Å². The number of sulfonamides is 1. The van der Waals surface area contributed by atoms with Crippen molar-refractivity contribution < 1.29 is 13.2 Å². The van der Waals surface area contributed by atoms with Crippen LogP contribution in [0.15, 0.2) is 29.2 Å². The molecule has 0 spiro atoms. The van der Waals surface area contributed by atoms with Crippen LogP contribution in [0.5, 0.6) is 0 Å². The van der Waals surface area contributed by atoms with E-state index >= 15 is 0 Å². The molecule has 2 rings (SSSR count). The maximum atomic E-state index is 12.4. The number of hydrogen-bond donors (Lipinski definition) is 2. The van der Waals surface area contributed by atoms with Gasteiger partial charge >= 0.3 is 0 Å². The predicted molar refractivity (Wildman–Crippen MR) is 96.3 cm³/mol. The molecule has 0 aliphatic heterocycles. The standard InChI is InChI=1S/C18H28N2O3S/c1-18(2,3)13-17(21)19-14-9-11-16(12-10-14)24(22,23)20-15-7-5-4-6-8-15/h9-12,15,20H,4-8,13H2,1-3H3,(H,19,21). The summed E-state index contributed by atoms with van der Waals surface area (Å²) in [6.45, 7) is 6.00. The monoisotopic (exact) mass is 352 g/mol. The number of nitrogens with one attached hydrogen (secondary N) is 2. The minimum atomic E-state index is -3.50. The number of hydrogen-bond acceptors (Lipinski definition) is 3. The van der Waals surface area contributed by atoms with Crippen molar-refractivity contribution in [2.45, 2.75) is 70.2 Å². The van der Waals surface area contributed by atoms with Crippen LogP contribution < -0.4 is 10.0 Å². The Morgan fingerprint density at radius 2 is 1.67 bits per heavy atom. The topological polar surface area (TPSA) is 75.3 Å². The Labute approximate surface area is 145 Å². The molecule has 5 nitrogen and oxygen atoms in total. The quantitative estimate of drug-likeness (QED) is 0.849. The normalized spacial score (nSPS) is 16.8. The van der Waals surface area contributed by atoms with Gasteiger partial charge in [0.2, 0.25) is 15.9 Å². The van der Waals surface area contributed by atoms with Crippen molar-refractivity contribution in [3.63, 3.8) is 0 Å². The number of rotatable bonds is 5. The predicted octanol–water partition coefficient (Wildman–Crippen LogP) is 3.67. The summed E-state index contributed by atoms with van der Waals surface area (Å²) in [5, 5.41) is 2.80. The van der Waals surface area contributed by atoms with Crippen LogP contribution in [0.3, 0.4) is 0 Å². The molecule has 1 amide bonds. The van der Waals surface area contributed by atoms with Crippen LogP contribution in [0.25, 0.3) is 0 Å². The van der Waals surface area contributed by atoms with Crippen LogP contribution in [0.1, 0.15) is 59.3 Å². The van der Waals surface area contributed by atoms with Gasteiger partial charge in [-0.1, -0.05) is 40.0 Å². The first kappa shape index (κ1) is 18.9. The molecule has 0 radical (unpaired) electrons. The Hall–Kier alpha value is -1.40. The summed E-state index contributed by atoms with van der Waals surface area (Å²) in [6.07, 6.45) is 5.55. The minimum Gasteiger partial charge on any atom is -0.326 e. The van der Waals surface area contributed by atoms with Gasteiger partial charge in [-0.05, 0) is 42.5 Å². The fourth-order valence-corrected chi connectivity index (χ4v) is 4.22. The fourth-order valence-electron chi connectivity index (χ4n) is 2.91. The molecular formula is C18H28N2O3S. The maximum absolute atomic E-state index is 12.4. The minimum absolute atomic E-state index is 0.0370. The summed E-state index contributed by atoms with van der Waals surface area (Å²) in [4.78, 5) is 12.2. The molecule has 1 aliphatic rings. The first-order chi connectivity index (χ1) is 11.2. The molecule has 0 unspecified atom stereocenters. The van der Waals surface area contributed by atoms with Crippen LogP contribution in [0.4, 0.5) is 5.69 Å². The summed E-state index contributed by atoms with van der Waals surface area (Å²) in [5.41, 5.74) is 0.526. The van der Waals surface area contributed by atoms with Crippen LogP contribution in [-0.2, 0) is 14.8 Å². The molecule has 0 atom stereocenters. The smallest absolute Gasteiger partial charge is 0.240 e. The van der Waals surface area contributed by atoms with Gasteiger partial charge in [0.15, 0.2) is 0 Å². The lowest BCUT2D eigenvalue weighted by atomic mass is 9.92. The Morgan fingerprint density at radius 3 is 2.21 bits per heavy atom. The molecule has 1 aliphatic carbocycles. The Morgan fingerprint density at radius 1 is 1.08 bits per heavy atom. The lowest BCUT2D eigenvalue weighted by molar-refractivity contribution is -0.117. The molecule has 1 aromatic rings. The highest BCUT2D eigenvalue weighted by molar-refractivity contribution is 7.89. The van der Waals surface area contributed by atoms with E-state index in [1.807, 2.05) is 20.8 Å². The van der Waals surface area contributed by atoms with Gasteiger partial charge in [-0.25, -0.2) is 13.1 Å². The summed E-state index contributed by atoms with van der Waals surface area (Å²) < 4.78 is 27.6. The number of carbonyl (C=O) groups excluding carboxylic acids is 1. The molecule has 6 heteroatoms. The van der Waals surface area contributed by atoms with Crippen molar-refractivity contribution in [1.29, 1.82) is 0 Å². The second kappa shape index (κ2) is 7.66. The van der Waals surface area contributed by atoms with Crippen molar-refractivity contribution >= 4 is 21.6 Å². The van der Waals surface area contributed by atoms with Crippen molar-refractivity contribution in [2.75, 3.05) is 5.32 Å². The van der Waals surface area contributed by atoms with Gasteiger partial charge in [0.25, 0.3) is 0 Å². The first-order valence-corrected chi connectivity index (χ1v) is 10.1. The lowest BCUT2D eigenvalue weighted by Crippen LogP contribution is -2.36. The maximum Gasteiger partial charge on any atom is 0.240 e. The molecule has 0 bridgehead atoms. The molecule has 1 aromatic carbocycles. The van der Waals surface area contributed by atoms with Gasteiger partial charge < -0.3 is 5.32 Å². The number of anilines is 1. The van der Waals surface area contributed by atoms with Gasteiger partial charge in [-0.3, -0.25) is 4.79 Å². The molecule has 1 saturated carbocycles. The van der Waals surface area contributed by atoms with E-state index in [0.717, 1.165) is 25.7 Å². The number of amides is 1. The average molecular weight is 353 g/mol. The molecule has 0 heterocycles. The van der Waals surface area contributed by atoms with Crippen molar-refractivity contribution in [1.82, 2.24) is 4.72 Å². The molecular weight excluding hydrogens is 324 g/mol. The van der Waals surface area contributed by atoms with E-state index in [2.05, 4.69) is 10.0 Å². The largest absolute Gasteiger partial charge is 0.326 e. The van der Waals surface area contributed by atoms with E-state index in [0.29, 0.717) is 12.1 Å².